The second-order valence-electron chi connectivity index (χ2n) is 9.43. The van der Waals surface area contributed by atoms with Crippen molar-refractivity contribution in [1.82, 2.24) is 0 Å². The number of aliphatic hydroxyl groups is 1. The molecule has 2 nitrogen and oxygen atoms in total. The molecule has 0 amide bonds. The first kappa shape index (κ1) is 17.1. The minimum atomic E-state index is -0.132. The van der Waals surface area contributed by atoms with Crippen molar-refractivity contribution in [3.05, 3.63) is 11.6 Å². The molecule has 0 aliphatic heterocycles. The molecule has 0 heterocycles. The highest BCUT2D eigenvalue weighted by Crippen LogP contribution is 2.66. The lowest BCUT2D eigenvalue weighted by Gasteiger charge is -2.57. The summed E-state index contributed by atoms with van der Waals surface area (Å²) in [5.41, 5.74) is 1.98. The lowest BCUT2D eigenvalue weighted by Crippen LogP contribution is -2.51. The zero-order valence-corrected chi connectivity index (χ0v) is 15.8. The van der Waals surface area contributed by atoms with Crippen LogP contribution in [0.1, 0.15) is 65.2 Å². The molecule has 0 aromatic heterocycles. The fourth-order valence-corrected chi connectivity index (χ4v) is 7.45. The SMILES string of the molecule is C[C@]12CC[C@H]3[C@@H](CC=C4CC(O)CC[C@@]43C)[C@@H]1CC[C@@H]2C(=O)CCl. The van der Waals surface area contributed by atoms with Gasteiger partial charge in [0.1, 0.15) is 0 Å². The third kappa shape index (κ3) is 2.28. The van der Waals surface area contributed by atoms with Gasteiger partial charge in [0.05, 0.1) is 12.0 Å². The summed E-state index contributed by atoms with van der Waals surface area (Å²) in [6.45, 7) is 4.84. The molecule has 0 saturated heterocycles. The number of alkyl halides is 1. The molecule has 0 radical (unpaired) electrons. The fraction of sp³-hybridized carbons (Fsp3) is 0.857. The maximum absolute atomic E-state index is 12.4. The van der Waals surface area contributed by atoms with E-state index in [-0.39, 0.29) is 34.5 Å². The van der Waals surface area contributed by atoms with E-state index < -0.39 is 0 Å². The van der Waals surface area contributed by atoms with Crippen LogP contribution in [0.5, 0.6) is 0 Å². The van der Waals surface area contributed by atoms with Crippen LogP contribution in [0.2, 0.25) is 0 Å². The molecule has 3 saturated carbocycles. The summed E-state index contributed by atoms with van der Waals surface area (Å²) in [7, 11) is 0. The molecule has 134 valence electrons. The maximum Gasteiger partial charge on any atom is 0.151 e. The highest BCUT2D eigenvalue weighted by Gasteiger charge is 2.59. The average molecular weight is 351 g/mol. The Bertz CT molecular complexity index is 570. The van der Waals surface area contributed by atoms with Crippen LogP contribution in [-0.4, -0.2) is 22.9 Å². The Kier molecular flexibility index (Phi) is 4.16. The van der Waals surface area contributed by atoms with Gasteiger partial charge in [0, 0.05) is 5.92 Å². The van der Waals surface area contributed by atoms with Crippen molar-refractivity contribution in [2.75, 3.05) is 5.88 Å². The Labute approximate surface area is 151 Å². The first-order chi connectivity index (χ1) is 11.4. The van der Waals surface area contributed by atoms with E-state index in [0.29, 0.717) is 5.92 Å². The Balaban J connectivity index is 1.64. The highest BCUT2D eigenvalue weighted by molar-refractivity contribution is 6.28. The number of Topliss-reactive ketones (excluding diaryl/α,β-unsaturated/α-hetero) is 1. The predicted octanol–water partition coefficient (Wildman–Crippen LogP) is 4.73. The number of allylic oxidation sites excluding steroid dienone is 1. The fourth-order valence-electron chi connectivity index (χ4n) is 7.26. The Hall–Kier alpha value is -0.340. The smallest absolute Gasteiger partial charge is 0.151 e. The molecule has 0 spiro atoms. The summed E-state index contributed by atoms with van der Waals surface area (Å²) in [6.07, 6.45) is 11.1. The van der Waals surface area contributed by atoms with Crippen LogP contribution >= 0.6 is 11.6 Å². The van der Waals surface area contributed by atoms with Gasteiger partial charge < -0.3 is 5.11 Å². The predicted molar refractivity (Wildman–Crippen MR) is 96.9 cm³/mol. The average Bonchev–Trinajstić information content (AvgIpc) is 2.92. The van der Waals surface area contributed by atoms with Crippen molar-refractivity contribution in [1.29, 1.82) is 0 Å². The molecule has 1 N–H and O–H groups in total. The molecule has 0 aromatic rings. The normalized spacial score (nSPS) is 50.5. The second-order valence-corrected chi connectivity index (χ2v) is 9.70. The highest BCUT2D eigenvalue weighted by atomic mass is 35.5. The number of halogens is 1. The number of carbonyl (C=O) groups excluding carboxylic acids is 1. The van der Waals surface area contributed by atoms with Crippen LogP contribution in [0.25, 0.3) is 0 Å². The molecule has 0 aromatic carbocycles. The van der Waals surface area contributed by atoms with E-state index in [2.05, 4.69) is 19.9 Å². The molecule has 3 heteroatoms. The van der Waals surface area contributed by atoms with Crippen LogP contribution in [0.4, 0.5) is 0 Å². The third-order valence-corrected chi connectivity index (χ3v) is 8.86. The Morgan fingerprint density at radius 3 is 2.75 bits per heavy atom. The minimum absolute atomic E-state index is 0.132. The van der Waals surface area contributed by atoms with Gasteiger partial charge in [-0.05, 0) is 80.0 Å². The zero-order chi connectivity index (χ0) is 17.1. The Morgan fingerprint density at radius 1 is 1.21 bits per heavy atom. The summed E-state index contributed by atoms with van der Waals surface area (Å²) < 4.78 is 0. The molecule has 7 atom stereocenters. The second kappa shape index (κ2) is 5.84. The van der Waals surface area contributed by atoms with E-state index in [9.17, 15) is 9.90 Å². The number of hydrogen-bond donors (Lipinski definition) is 1. The van der Waals surface area contributed by atoms with Gasteiger partial charge in [-0.15, -0.1) is 11.6 Å². The van der Waals surface area contributed by atoms with Gasteiger partial charge in [-0.25, -0.2) is 0 Å². The van der Waals surface area contributed by atoms with Gasteiger partial charge in [-0.1, -0.05) is 25.5 Å². The number of fused-ring (bicyclic) bond motifs is 5. The van der Waals surface area contributed by atoms with E-state index in [0.717, 1.165) is 43.9 Å². The number of ketones is 1. The van der Waals surface area contributed by atoms with Crippen LogP contribution in [0.3, 0.4) is 0 Å². The summed E-state index contributed by atoms with van der Waals surface area (Å²) in [5, 5.41) is 10.1. The number of hydrogen-bond acceptors (Lipinski definition) is 2. The van der Waals surface area contributed by atoms with Gasteiger partial charge >= 0.3 is 0 Å². The largest absolute Gasteiger partial charge is 0.393 e. The Morgan fingerprint density at radius 2 is 2.00 bits per heavy atom. The lowest BCUT2D eigenvalue weighted by atomic mass is 9.47. The summed E-state index contributed by atoms with van der Waals surface area (Å²) in [4.78, 5) is 12.4. The molecule has 1 unspecified atom stereocenters. The monoisotopic (exact) mass is 350 g/mol. The van der Waals surface area contributed by atoms with Gasteiger partial charge in [0.15, 0.2) is 5.78 Å². The summed E-state index contributed by atoms with van der Waals surface area (Å²) >= 11 is 5.91. The van der Waals surface area contributed by atoms with Crippen LogP contribution < -0.4 is 0 Å². The van der Waals surface area contributed by atoms with E-state index >= 15 is 0 Å². The number of carbonyl (C=O) groups is 1. The minimum Gasteiger partial charge on any atom is -0.393 e. The van der Waals surface area contributed by atoms with Crippen molar-refractivity contribution >= 4 is 17.4 Å². The molecular formula is C21H31ClO2. The van der Waals surface area contributed by atoms with Crippen molar-refractivity contribution in [2.24, 2.45) is 34.5 Å². The molecule has 3 fully saturated rings. The van der Waals surface area contributed by atoms with Gasteiger partial charge in [0.2, 0.25) is 0 Å². The lowest BCUT2D eigenvalue weighted by molar-refractivity contribution is -0.127. The van der Waals surface area contributed by atoms with Crippen molar-refractivity contribution in [3.63, 3.8) is 0 Å². The van der Waals surface area contributed by atoms with Crippen LogP contribution in [0.15, 0.2) is 11.6 Å². The van der Waals surface area contributed by atoms with Crippen molar-refractivity contribution in [2.45, 2.75) is 71.3 Å². The maximum atomic E-state index is 12.4. The molecule has 4 rings (SSSR count). The van der Waals surface area contributed by atoms with Crippen molar-refractivity contribution in [3.8, 4) is 0 Å². The van der Waals surface area contributed by atoms with E-state index in [1.165, 1.54) is 24.8 Å². The van der Waals surface area contributed by atoms with E-state index in [4.69, 9.17) is 11.6 Å². The van der Waals surface area contributed by atoms with Gasteiger partial charge in [-0.2, -0.15) is 0 Å². The molecule has 0 bridgehead atoms. The topological polar surface area (TPSA) is 37.3 Å². The first-order valence-electron chi connectivity index (χ1n) is 9.86. The van der Waals surface area contributed by atoms with E-state index in [1.54, 1.807) is 0 Å². The van der Waals surface area contributed by atoms with Gasteiger partial charge in [0.25, 0.3) is 0 Å². The number of aliphatic hydroxyl groups excluding tert-OH is 1. The zero-order valence-electron chi connectivity index (χ0n) is 15.1. The number of rotatable bonds is 2. The van der Waals surface area contributed by atoms with Gasteiger partial charge in [-0.3, -0.25) is 4.79 Å². The van der Waals surface area contributed by atoms with Crippen LogP contribution in [0, 0.1) is 34.5 Å². The standard InChI is InChI=1S/C21H31ClO2/c1-20-9-7-14(23)11-13(20)3-4-15-16-5-6-18(19(24)12-22)21(16,2)10-8-17(15)20/h3,14-18,23H,4-12H2,1-2H3/t14?,15-,16-,17-,18+,20-,21-/m0/s1. The first-order valence-corrected chi connectivity index (χ1v) is 10.4. The molecule has 4 aliphatic rings. The third-order valence-electron chi connectivity index (χ3n) is 8.60. The molecule has 24 heavy (non-hydrogen) atoms. The summed E-state index contributed by atoms with van der Waals surface area (Å²) in [5.74, 6) is 2.79. The van der Waals surface area contributed by atoms with Crippen LogP contribution in [-0.2, 0) is 4.79 Å². The summed E-state index contributed by atoms with van der Waals surface area (Å²) in [6, 6.07) is 0. The van der Waals surface area contributed by atoms with E-state index in [1.807, 2.05) is 0 Å². The molecular weight excluding hydrogens is 320 g/mol. The van der Waals surface area contributed by atoms with Crippen molar-refractivity contribution < 1.29 is 9.90 Å². The molecule has 4 aliphatic carbocycles. The quantitative estimate of drug-likeness (QED) is 0.577.